The number of piperidine rings is 2. The predicted molar refractivity (Wildman–Crippen MR) is 239 cm³/mol. The summed E-state index contributed by atoms with van der Waals surface area (Å²) in [5.41, 5.74) is 8.98. The lowest BCUT2D eigenvalue weighted by Gasteiger charge is -2.29. The van der Waals surface area contributed by atoms with Crippen LogP contribution in [0.3, 0.4) is 0 Å². The molecule has 0 aromatic heterocycles. The van der Waals surface area contributed by atoms with Crippen molar-refractivity contribution in [3.63, 3.8) is 0 Å². The molecule has 7 rings (SSSR count). The third kappa shape index (κ3) is 10.9. The number of carbonyl (C=O) groups is 1. The van der Waals surface area contributed by atoms with E-state index >= 15 is 0 Å². The summed E-state index contributed by atoms with van der Waals surface area (Å²) in [4.78, 5) is 15.5. The van der Waals surface area contributed by atoms with Crippen LogP contribution in [0, 0.1) is 23.3 Å². The summed E-state index contributed by atoms with van der Waals surface area (Å²) in [5.74, 6) is -11.0. The second-order valence-corrected chi connectivity index (χ2v) is 20.5. The highest BCUT2D eigenvalue weighted by Gasteiger charge is 2.36. The van der Waals surface area contributed by atoms with Gasteiger partial charge in [-0.25, -0.2) is 39.4 Å². The van der Waals surface area contributed by atoms with Gasteiger partial charge in [0.2, 0.25) is 15.7 Å². The van der Waals surface area contributed by atoms with E-state index in [1.165, 1.54) is 54.0 Å². The monoisotopic (exact) mass is 925 g/mol. The molecule has 3 aliphatic rings. The predicted octanol–water partition coefficient (Wildman–Crippen LogP) is 7.28. The van der Waals surface area contributed by atoms with E-state index in [0.29, 0.717) is 5.71 Å². The van der Waals surface area contributed by atoms with Crippen molar-refractivity contribution in [1.29, 1.82) is 0 Å². The fraction of sp³-hybridized carbons (Fsp3) is 0.348. The molecule has 0 atom stereocenters. The molecule has 2 heterocycles. The first-order chi connectivity index (χ1) is 30.2. The van der Waals surface area contributed by atoms with E-state index in [-0.39, 0.29) is 43.3 Å². The minimum atomic E-state index is -5.65. The molecule has 0 amide bonds. The van der Waals surface area contributed by atoms with Crippen LogP contribution in [0.25, 0.3) is 11.1 Å². The molecule has 0 bridgehead atoms. The summed E-state index contributed by atoms with van der Waals surface area (Å²) in [7, 11) is -10.5. The van der Waals surface area contributed by atoms with E-state index in [0.717, 1.165) is 59.6 Å². The maximum atomic E-state index is 15.0. The standard InChI is InChI=1S/C46H48F4N4O6S3/c47-41-43(49)46(44(50)42(48)45(41)61-29-9-13-39(55)56)63(59,60)52-62(57,58)30-10-24-51-38-23-22-37(35-11-3-4-12-36(35)38)40(31-14-18-33(19-15-31)53-25-5-1-6-26-53)32-16-20-34(21-17-32)54-27-7-2-8-28-54/h3-4,11-12,14-23,52H,1-2,5-10,13,24-30H2,(H,55,56)/p+1. The van der Waals surface area contributed by atoms with Gasteiger partial charge in [-0.05, 0) is 115 Å². The normalized spacial score (nSPS) is 16.4. The van der Waals surface area contributed by atoms with Crippen LogP contribution >= 0.6 is 11.8 Å². The highest BCUT2D eigenvalue weighted by molar-refractivity contribution is 8.04. The van der Waals surface area contributed by atoms with Gasteiger partial charge >= 0.3 is 5.97 Å². The van der Waals surface area contributed by atoms with Crippen LogP contribution in [-0.2, 0) is 24.8 Å². The number of hydrogen-bond donors (Lipinski definition) is 3. The number of carboxylic acid groups (broad SMARTS) is 1. The number of benzene rings is 4. The molecule has 4 aromatic carbocycles. The number of allylic oxidation sites excluding steroid dienone is 3. The lowest BCUT2D eigenvalue weighted by molar-refractivity contribution is -0.455. The van der Waals surface area contributed by atoms with Crippen molar-refractivity contribution >= 4 is 66.0 Å². The molecule has 17 heteroatoms. The number of carboxylic acids is 1. The molecule has 2 fully saturated rings. The summed E-state index contributed by atoms with van der Waals surface area (Å²) in [6.45, 7) is 4.17. The SMILES string of the molecule is O=C(O)CCCSc1c(F)c(F)c(S(=O)(=O)NS(=O)(=O)CCC[NH+]=C2C=CC(=C(c3ccc(N4CCCCC4)cc3)c3ccc(N4CCCCC4)cc3)c3ccccc32)c(F)c1F. The zero-order chi connectivity index (χ0) is 44.7. The van der Waals surface area contributed by atoms with Crippen molar-refractivity contribution in [2.24, 2.45) is 0 Å². The van der Waals surface area contributed by atoms with Crippen molar-refractivity contribution in [3.05, 3.63) is 130 Å². The van der Waals surface area contributed by atoms with Crippen molar-refractivity contribution in [2.75, 3.05) is 54.0 Å². The third-order valence-corrected chi connectivity index (χ3v) is 16.1. The molecule has 0 unspecified atom stereocenters. The Hall–Kier alpha value is -4.97. The number of thioether (sulfide) groups is 1. The molecule has 1 aliphatic carbocycles. The zero-order valence-electron chi connectivity index (χ0n) is 34.5. The van der Waals surface area contributed by atoms with E-state index in [2.05, 4.69) is 63.3 Å². The number of rotatable bonds is 16. The van der Waals surface area contributed by atoms with Crippen molar-refractivity contribution in [1.82, 2.24) is 4.13 Å². The molecule has 63 heavy (non-hydrogen) atoms. The van der Waals surface area contributed by atoms with Gasteiger partial charge in [-0.2, -0.15) is 0 Å². The van der Waals surface area contributed by atoms with Crippen LogP contribution in [0.5, 0.6) is 0 Å². The molecule has 2 aliphatic heterocycles. The van der Waals surface area contributed by atoms with Crippen LogP contribution in [-0.4, -0.2) is 77.9 Å². The number of halogens is 4. The van der Waals surface area contributed by atoms with E-state index in [1.54, 1.807) is 0 Å². The smallest absolute Gasteiger partial charge is 0.303 e. The first kappa shape index (κ1) is 46.0. The molecule has 10 nitrogen and oxygen atoms in total. The molecule has 4 aromatic rings. The van der Waals surface area contributed by atoms with Crippen LogP contribution in [0.2, 0.25) is 0 Å². The summed E-state index contributed by atoms with van der Waals surface area (Å²) in [6.07, 6.45) is 10.5. The number of anilines is 2. The Kier molecular flexibility index (Phi) is 14.8. The highest BCUT2D eigenvalue weighted by atomic mass is 32.3. The maximum absolute atomic E-state index is 15.0. The van der Waals surface area contributed by atoms with Crippen LogP contribution in [0.1, 0.15) is 80.0 Å². The first-order valence-corrected chi connectivity index (χ1v) is 25.2. The summed E-state index contributed by atoms with van der Waals surface area (Å²) >= 11 is 0.260. The number of hydrogen-bond acceptors (Lipinski definition) is 8. The van der Waals surface area contributed by atoms with Crippen LogP contribution in [0.4, 0.5) is 28.9 Å². The number of nitrogens with zero attached hydrogens (tertiary/aromatic N) is 2. The molecule has 2 saturated heterocycles. The minimum absolute atomic E-state index is 0.0383. The molecule has 0 spiro atoms. The highest BCUT2D eigenvalue weighted by Crippen LogP contribution is 2.39. The van der Waals surface area contributed by atoms with Crippen LogP contribution in [0.15, 0.2) is 94.7 Å². The topological polar surface area (TPSA) is 138 Å². The molecule has 0 radical (unpaired) electrons. The Labute approximate surface area is 369 Å². The lowest BCUT2D eigenvalue weighted by Crippen LogP contribution is -2.73. The van der Waals surface area contributed by atoms with Crippen molar-refractivity contribution in [2.45, 2.75) is 67.6 Å². The second-order valence-electron chi connectivity index (χ2n) is 15.7. The van der Waals surface area contributed by atoms with Crippen molar-refractivity contribution in [3.8, 4) is 0 Å². The third-order valence-electron chi connectivity index (χ3n) is 11.3. The summed E-state index contributed by atoms with van der Waals surface area (Å²) in [6, 6.07) is 25.2. The zero-order valence-corrected chi connectivity index (χ0v) is 37.0. The summed E-state index contributed by atoms with van der Waals surface area (Å²) in [5, 5.41) is 8.74. The van der Waals surface area contributed by atoms with E-state index in [9.17, 15) is 39.2 Å². The van der Waals surface area contributed by atoms with Gasteiger partial charge in [-0.1, -0.05) is 42.5 Å². The lowest BCUT2D eigenvalue weighted by atomic mass is 9.83. The fourth-order valence-corrected chi connectivity index (χ4v) is 12.3. The van der Waals surface area contributed by atoms with Crippen LogP contribution < -0.4 is 18.9 Å². The molecular formula is C46H49F4N4O6S3+. The Balaban J connectivity index is 1.11. The van der Waals surface area contributed by atoms with Gasteiger partial charge < -0.3 is 14.9 Å². The average molecular weight is 926 g/mol. The van der Waals surface area contributed by atoms with Gasteiger partial charge in [0.25, 0.3) is 10.0 Å². The molecule has 334 valence electrons. The number of nitrogens with one attached hydrogen (secondary N) is 2. The quantitative estimate of drug-likeness (QED) is 0.0459. The van der Waals surface area contributed by atoms with Crippen molar-refractivity contribution < 1.29 is 49.3 Å². The van der Waals surface area contributed by atoms with E-state index in [4.69, 9.17) is 5.11 Å². The Morgan fingerprint density at radius 3 is 1.73 bits per heavy atom. The Bertz CT molecular complexity index is 2550. The van der Waals surface area contributed by atoms with Gasteiger partial charge in [0.1, 0.15) is 6.54 Å². The largest absolute Gasteiger partial charge is 0.481 e. The Morgan fingerprint density at radius 2 is 1.21 bits per heavy atom. The number of sulfonamides is 2. The van der Waals surface area contributed by atoms with E-state index < -0.39 is 64.8 Å². The second kappa shape index (κ2) is 20.2. The fourth-order valence-electron chi connectivity index (χ4n) is 8.22. The van der Waals surface area contributed by atoms with Gasteiger partial charge in [0, 0.05) is 56.5 Å². The summed E-state index contributed by atoms with van der Waals surface area (Å²) < 4.78 is 112. The number of fused-ring (bicyclic) bond motifs is 1. The molecule has 0 saturated carbocycles. The first-order valence-electron chi connectivity index (χ1n) is 21.0. The molecular weight excluding hydrogens is 877 g/mol. The molecule has 3 N–H and O–H groups in total. The Morgan fingerprint density at radius 1 is 0.683 bits per heavy atom. The average Bonchev–Trinajstić information content (AvgIpc) is 3.28. The van der Waals surface area contributed by atoms with Gasteiger partial charge in [-0.15, -0.1) is 15.9 Å². The van der Waals surface area contributed by atoms with Gasteiger partial charge in [0.05, 0.1) is 16.2 Å². The number of aliphatic carboxylic acids is 1. The van der Waals surface area contributed by atoms with Gasteiger partial charge in [-0.3, -0.25) is 4.79 Å². The minimum Gasteiger partial charge on any atom is -0.481 e. The van der Waals surface area contributed by atoms with E-state index in [1.807, 2.05) is 36.4 Å². The maximum Gasteiger partial charge on any atom is 0.303 e. The van der Waals surface area contributed by atoms with Gasteiger partial charge in [0.15, 0.2) is 28.2 Å².